The molecule has 4 nitrogen and oxygen atoms in total. The van der Waals surface area contributed by atoms with Gasteiger partial charge in [-0.25, -0.2) is 9.78 Å². The van der Waals surface area contributed by atoms with Crippen LogP contribution < -0.4 is 0 Å². The molecule has 3 rings (SSSR count). The zero-order valence-electron chi connectivity index (χ0n) is 13.6. The number of rotatable bonds is 1. The maximum absolute atomic E-state index is 12.2. The van der Waals surface area contributed by atoms with Crippen LogP contribution in [-0.2, 0) is 5.41 Å². The van der Waals surface area contributed by atoms with Crippen molar-refractivity contribution in [2.24, 2.45) is 0 Å². The molecule has 120 valence electrons. The average molecular weight is 319 g/mol. The third-order valence-corrected chi connectivity index (χ3v) is 4.39. The topological polar surface area (TPSA) is 67.3 Å². The number of aromatic nitrogens is 1. The Kier molecular flexibility index (Phi) is 3.94. The third-order valence-electron chi connectivity index (χ3n) is 4.39. The van der Waals surface area contributed by atoms with Crippen LogP contribution in [0.1, 0.15) is 64.2 Å². The number of hydrogen-bond donors (Lipinski definition) is 1. The van der Waals surface area contributed by atoms with Gasteiger partial charge in [0.1, 0.15) is 5.69 Å². The van der Waals surface area contributed by atoms with Crippen molar-refractivity contribution in [2.45, 2.75) is 32.1 Å². The lowest BCUT2D eigenvalue weighted by Gasteiger charge is -2.31. The first-order chi connectivity index (χ1) is 11.4. The van der Waals surface area contributed by atoms with E-state index in [0.717, 1.165) is 17.5 Å². The Morgan fingerprint density at radius 2 is 2.04 bits per heavy atom. The minimum absolute atomic E-state index is 0.0212. The highest BCUT2D eigenvalue weighted by atomic mass is 16.4. The van der Waals surface area contributed by atoms with Gasteiger partial charge in [-0.3, -0.25) is 4.79 Å². The largest absolute Gasteiger partial charge is 0.478 e. The van der Waals surface area contributed by atoms with Crippen LogP contribution in [0.3, 0.4) is 0 Å². The number of carboxylic acids is 1. The van der Waals surface area contributed by atoms with E-state index in [1.54, 1.807) is 12.1 Å². The Balaban J connectivity index is 2.01. The molecule has 24 heavy (non-hydrogen) atoms. The highest BCUT2D eigenvalue weighted by Crippen LogP contribution is 2.36. The lowest BCUT2D eigenvalue weighted by Crippen LogP contribution is -2.27. The molecule has 0 fully saturated rings. The number of carbonyl (C=O) groups excluding carboxylic acids is 1. The fourth-order valence-corrected chi connectivity index (χ4v) is 2.95. The zero-order chi connectivity index (χ0) is 17.3. The summed E-state index contributed by atoms with van der Waals surface area (Å²) in [6.45, 7) is 4.27. The van der Waals surface area contributed by atoms with E-state index in [1.807, 2.05) is 12.1 Å². The molecule has 0 bridgehead atoms. The van der Waals surface area contributed by atoms with Gasteiger partial charge in [-0.15, -0.1) is 0 Å². The van der Waals surface area contributed by atoms with Gasteiger partial charge in [0.05, 0.1) is 5.56 Å². The fourth-order valence-electron chi connectivity index (χ4n) is 2.95. The van der Waals surface area contributed by atoms with Gasteiger partial charge < -0.3 is 5.11 Å². The number of ketones is 1. The quantitative estimate of drug-likeness (QED) is 0.818. The van der Waals surface area contributed by atoms with E-state index in [2.05, 4.69) is 30.7 Å². The van der Waals surface area contributed by atoms with Crippen LogP contribution in [0.4, 0.5) is 0 Å². The summed E-state index contributed by atoms with van der Waals surface area (Å²) in [5.74, 6) is 4.80. The molecule has 2 aromatic rings. The minimum Gasteiger partial charge on any atom is -0.478 e. The summed E-state index contributed by atoms with van der Waals surface area (Å²) in [6, 6.07) is 8.66. The molecular weight excluding hydrogens is 302 g/mol. The molecule has 1 N–H and O–H groups in total. The lowest BCUT2D eigenvalue weighted by molar-refractivity contribution is 0.0696. The molecule has 0 saturated carbocycles. The van der Waals surface area contributed by atoms with E-state index in [9.17, 15) is 9.59 Å². The number of pyridine rings is 1. The molecule has 0 radical (unpaired) electrons. The number of carbonyl (C=O) groups is 2. The highest BCUT2D eigenvalue weighted by molar-refractivity contribution is 5.99. The van der Waals surface area contributed by atoms with Crippen molar-refractivity contribution in [1.29, 1.82) is 0 Å². The molecule has 1 heterocycles. The summed E-state index contributed by atoms with van der Waals surface area (Å²) in [4.78, 5) is 27.4. The van der Waals surface area contributed by atoms with Crippen LogP contribution in [0.25, 0.3) is 0 Å². The van der Waals surface area contributed by atoms with Gasteiger partial charge in [0, 0.05) is 23.7 Å². The smallest absolute Gasteiger partial charge is 0.338 e. The van der Waals surface area contributed by atoms with E-state index in [4.69, 9.17) is 5.11 Å². The Bertz CT molecular complexity index is 901. The van der Waals surface area contributed by atoms with E-state index >= 15 is 0 Å². The summed E-state index contributed by atoms with van der Waals surface area (Å²) >= 11 is 0. The summed E-state index contributed by atoms with van der Waals surface area (Å²) in [6.07, 6.45) is 2.90. The molecule has 1 aromatic heterocycles. The third kappa shape index (κ3) is 2.93. The molecule has 0 amide bonds. The van der Waals surface area contributed by atoms with Gasteiger partial charge in [0.15, 0.2) is 5.78 Å². The second-order valence-corrected chi connectivity index (χ2v) is 6.52. The predicted octanol–water partition coefficient (Wildman–Crippen LogP) is 3.43. The number of nitrogens with zero attached hydrogens (tertiary/aromatic N) is 1. The van der Waals surface area contributed by atoms with E-state index in [1.165, 1.54) is 12.3 Å². The van der Waals surface area contributed by atoms with Crippen molar-refractivity contribution in [1.82, 2.24) is 4.98 Å². The molecule has 0 unspecified atom stereocenters. The minimum atomic E-state index is -1.06. The van der Waals surface area contributed by atoms with Crippen LogP contribution in [0, 0.1) is 11.8 Å². The first kappa shape index (κ1) is 15.9. The van der Waals surface area contributed by atoms with Crippen molar-refractivity contribution in [2.75, 3.05) is 0 Å². The normalized spacial score (nSPS) is 15.2. The molecule has 0 aliphatic heterocycles. The van der Waals surface area contributed by atoms with Crippen molar-refractivity contribution in [3.8, 4) is 11.8 Å². The van der Waals surface area contributed by atoms with Crippen LogP contribution >= 0.6 is 0 Å². The number of benzene rings is 1. The van der Waals surface area contributed by atoms with Crippen molar-refractivity contribution in [3.05, 3.63) is 64.5 Å². The van der Waals surface area contributed by atoms with Gasteiger partial charge in [0.2, 0.25) is 0 Å². The molecule has 0 saturated heterocycles. The molecule has 0 atom stereocenters. The van der Waals surface area contributed by atoms with Crippen LogP contribution in [0.15, 0.2) is 36.5 Å². The SMILES string of the molecule is CC1(C)CCC(=O)c2cc(C#Cc3ncccc3C(=O)O)ccc21. The summed E-state index contributed by atoms with van der Waals surface area (Å²) in [5, 5.41) is 9.16. The highest BCUT2D eigenvalue weighted by Gasteiger charge is 2.31. The standard InChI is InChI=1S/C20H17NO3/c1-20(2)10-9-18(22)15-12-13(5-7-16(15)20)6-8-17-14(19(23)24)4-3-11-21-17/h3-5,7,11-12H,9-10H2,1-2H3,(H,23,24). The predicted molar refractivity (Wildman–Crippen MR) is 90.2 cm³/mol. The van der Waals surface area contributed by atoms with Gasteiger partial charge in [-0.05, 0) is 47.6 Å². The second-order valence-electron chi connectivity index (χ2n) is 6.52. The second kappa shape index (κ2) is 5.93. The van der Waals surface area contributed by atoms with E-state index < -0.39 is 5.97 Å². The number of hydrogen-bond acceptors (Lipinski definition) is 3. The monoisotopic (exact) mass is 319 g/mol. The van der Waals surface area contributed by atoms with E-state index in [-0.39, 0.29) is 22.5 Å². The summed E-state index contributed by atoms with van der Waals surface area (Å²) < 4.78 is 0. The van der Waals surface area contributed by atoms with Crippen LogP contribution in [0.2, 0.25) is 0 Å². The first-order valence-corrected chi connectivity index (χ1v) is 7.76. The Morgan fingerprint density at radius 3 is 2.79 bits per heavy atom. The van der Waals surface area contributed by atoms with Gasteiger partial charge in [-0.2, -0.15) is 0 Å². The Hall–Kier alpha value is -2.93. The molecule has 1 aromatic carbocycles. The average Bonchev–Trinajstić information content (AvgIpc) is 2.57. The number of fused-ring (bicyclic) bond motifs is 1. The molecule has 1 aliphatic rings. The zero-order valence-corrected chi connectivity index (χ0v) is 13.6. The number of carboxylic acid groups (broad SMARTS) is 1. The fraction of sp³-hybridized carbons (Fsp3) is 0.250. The lowest BCUT2D eigenvalue weighted by atomic mass is 9.72. The van der Waals surface area contributed by atoms with Gasteiger partial charge in [-0.1, -0.05) is 25.8 Å². The molecule has 4 heteroatoms. The molecular formula is C20H17NO3. The summed E-state index contributed by atoms with van der Waals surface area (Å²) in [5.41, 5.74) is 2.72. The van der Waals surface area contributed by atoms with Crippen molar-refractivity contribution >= 4 is 11.8 Å². The van der Waals surface area contributed by atoms with Gasteiger partial charge in [0.25, 0.3) is 0 Å². The summed E-state index contributed by atoms with van der Waals surface area (Å²) in [7, 11) is 0. The van der Waals surface area contributed by atoms with Crippen LogP contribution in [0.5, 0.6) is 0 Å². The number of aromatic carboxylic acids is 1. The van der Waals surface area contributed by atoms with Crippen molar-refractivity contribution < 1.29 is 14.7 Å². The first-order valence-electron chi connectivity index (χ1n) is 7.76. The van der Waals surface area contributed by atoms with Gasteiger partial charge >= 0.3 is 5.97 Å². The van der Waals surface area contributed by atoms with E-state index in [0.29, 0.717) is 12.0 Å². The maximum atomic E-state index is 12.2. The maximum Gasteiger partial charge on any atom is 0.338 e. The Morgan fingerprint density at radius 1 is 1.25 bits per heavy atom. The molecule has 1 aliphatic carbocycles. The van der Waals surface area contributed by atoms with Crippen molar-refractivity contribution in [3.63, 3.8) is 0 Å². The Labute approximate surface area is 140 Å². The number of Topliss-reactive ketones (excluding diaryl/α,β-unsaturated/α-hetero) is 1. The molecule has 0 spiro atoms. The van der Waals surface area contributed by atoms with Crippen LogP contribution in [-0.4, -0.2) is 21.8 Å².